The predicted molar refractivity (Wildman–Crippen MR) is 109 cm³/mol. The molecule has 3 rings (SSSR count). The van der Waals surface area contributed by atoms with Gasteiger partial charge in [0.05, 0.1) is 17.7 Å². The van der Waals surface area contributed by atoms with E-state index in [1.165, 1.54) is 0 Å². The molecule has 0 unspecified atom stereocenters. The Balaban J connectivity index is 1.43. The number of ether oxygens (including phenoxy) is 1. The van der Waals surface area contributed by atoms with Crippen molar-refractivity contribution in [3.63, 3.8) is 0 Å². The summed E-state index contributed by atoms with van der Waals surface area (Å²) in [5.41, 5.74) is 3.88. The lowest BCUT2D eigenvalue weighted by Crippen LogP contribution is -2.27. The van der Waals surface area contributed by atoms with Crippen molar-refractivity contribution in [3.05, 3.63) is 81.7 Å². The monoisotopic (exact) mass is 398 g/mol. The van der Waals surface area contributed by atoms with E-state index in [2.05, 4.69) is 10.5 Å². The van der Waals surface area contributed by atoms with E-state index in [1.807, 2.05) is 62.4 Å². The van der Waals surface area contributed by atoms with Crippen LogP contribution in [0.25, 0.3) is 0 Å². The van der Waals surface area contributed by atoms with Gasteiger partial charge >= 0.3 is 0 Å². The normalized spacial score (nSPS) is 10.7. The second-order valence-corrected chi connectivity index (χ2v) is 7.07. The maximum absolute atomic E-state index is 12.1. The van der Waals surface area contributed by atoms with Gasteiger partial charge in [0, 0.05) is 11.6 Å². The minimum Gasteiger partial charge on any atom is -0.489 e. The van der Waals surface area contributed by atoms with Crippen molar-refractivity contribution in [1.29, 1.82) is 0 Å². The number of halogens is 1. The van der Waals surface area contributed by atoms with Gasteiger partial charge in [0.15, 0.2) is 0 Å². The molecule has 0 aliphatic rings. The van der Waals surface area contributed by atoms with Crippen LogP contribution in [0, 0.1) is 13.8 Å². The number of benzene rings is 2. The van der Waals surface area contributed by atoms with Crippen molar-refractivity contribution in [2.24, 2.45) is 0 Å². The highest BCUT2D eigenvalue weighted by Crippen LogP contribution is 2.18. The van der Waals surface area contributed by atoms with E-state index in [0.717, 1.165) is 40.3 Å². The zero-order valence-corrected chi connectivity index (χ0v) is 16.8. The maximum atomic E-state index is 12.1. The van der Waals surface area contributed by atoms with Crippen LogP contribution in [0.1, 0.15) is 28.1 Å². The van der Waals surface area contributed by atoms with Gasteiger partial charge in [-0.3, -0.25) is 4.79 Å². The third kappa shape index (κ3) is 5.60. The number of amides is 1. The summed E-state index contributed by atoms with van der Waals surface area (Å²) in [5, 5.41) is 7.58. The summed E-state index contributed by atoms with van der Waals surface area (Å²) in [5.74, 6) is 1.51. The Labute approximate surface area is 169 Å². The lowest BCUT2D eigenvalue weighted by molar-refractivity contribution is -0.120. The molecule has 2 aromatic carbocycles. The highest BCUT2D eigenvalue weighted by atomic mass is 35.5. The van der Waals surface area contributed by atoms with Crippen LogP contribution < -0.4 is 10.1 Å². The smallest absolute Gasteiger partial charge is 0.224 e. The van der Waals surface area contributed by atoms with Gasteiger partial charge in [0.1, 0.15) is 18.1 Å². The first-order chi connectivity index (χ1) is 13.5. The molecule has 0 radical (unpaired) electrons. The van der Waals surface area contributed by atoms with Crippen molar-refractivity contribution >= 4 is 17.5 Å². The molecule has 3 aromatic rings. The average Bonchev–Trinajstić information content (AvgIpc) is 3.00. The maximum Gasteiger partial charge on any atom is 0.224 e. The molecular weight excluding hydrogens is 376 g/mol. The van der Waals surface area contributed by atoms with Crippen LogP contribution in [0.5, 0.6) is 5.75 Å². The number of rotatable bonds is 8. The Hall–Kier alpha value is -2.79. The Morgan fingerprint density at radius 2 is 1.75 bits per heavy atom. The number of hydrogen-bond acceptors (Lipinski definition) is 4. The van der Waals surface area contributed by atoms with E-state index in [9.17, 15) is 4.79 Å². The number of carbonyl (C=O) groups excluding carboxylic acids is 1. The van der Waals surface area contributed by atoms with Gasteiger partial charge in [0.25, 0.3) is 0 Å². The van der Waals surface area contributed by atoms with Crippen LogP contribution in [0.3, 0.4) is 0 Å². The summed E-state index contributed by atoms with van der Waals surface area (Å²) in [4.78, 5) is 12.1. The summed E-state index contributed by atoms with van der Waals surface area (Å²) in [6, 6.07) is 15.2. The number of aryl methyl sites for hydroxylation is 2. The van der Waals surface area contributed by atoms with E-state index < -0.39 is 0 Å². The van der Waals surface area contributed by atoms with Crippen molar-refractivity contribution in [3.8, 4) is 5.75 Å². The fourth-order valence-electron chi connectivity index (χ4n) is 2.81. The summed E-state index contributed by atoms with van der Waals surface area (Å²) in [6.07, 6.45) is 1.11. The molecular formula is C22H23ClN2O3. The van der Waals surface area contributed by atoms with Crippen molar-refractivity contribution in [2.45, 2.75) is 33.3 Å². The van der Waals surface area contributed by atoms with E-state index in [4.69, 9.17) is 20.9 Å². The van der Waals surface area contributed by atoms with Gasteiger partial charge in [-0.05, 0) is 55.7 Å². The lowest BCUT2D eigenvalue weighted by atomic mass is 10.1. The van der Waals surface area contributed by atoms with Gasteiger partial charge in [-0.15, -0.1) is 0 Å². The standard InChI is InChI=1S/C22H23ClN2O3/c1-15-21(16(2)28-25-15)14-27-20-9-5-18(6-10-20)13-22(26)24-12-11-17-3-7-19(23)8-4-17/h3-10H,11-14H2,1-2H3,(H,24,26). The molecule has 0 aliphatic heterocycles. The molecule has 0 saturated heterocycles. The second-order valence-electron chi connectivity index (χ2n) is 6.64. The third-order valence-electron chi connectivity index (χ3n) is 4.50. The second kappa shape index (κ2) is 9.42. The molecule has 1 N–H and O–H groups in total. The van der Waals surface area contributed by atoms with E-state index in [0.29, 0.717) is 24.6 Å². The van der Waals surface area contributed by atoms with E-state index in [1.54, 1.807) is 0 Å². The molecule has 0 atom stereocenters. The van der Waals surface area contributed by atoms with Crippen LogP contribution in [-0.4, -0.2) is 17.6 Å². The van der Waals surface area contributed by atoms with Gasteiger partial charge in [-0.25, -0.2) is 0 Å². The summed E-state index contributed by atoms with van der Waals surface area (Å²) < 4.78 is 10.9. The summed E-state index contributed by atoms with van der Waals surface area (Å²) in [7, 11) is 0. The zero-order valence-electron chi connectivity index (χ0n) is 16.0. The molecule has 0 spiro atoms. The molecule has 5 nitrogen and oxygen atoms in total. The molecule has 28 heavy (non-hydrogen) atoms. The molecule has 0 aliphatic carbocycles. The fraction of sp³-hybridized carbons (Fsp3) is 0.273. The molecule has 0 bridgehead atoms. The van der Waals surface area contributed by atoms with Gasteiger partial charge in [-0.1, -0.05) is 41.0 Å². The Morgan fingerprint density at radius 1 is 1.07 bits per heavy atom. The zero-order chi connectivity index (χ0) is 19.9. The van der Waals surface area contributed by atoms with Crippen LogP contribution in [0.15, 0.2) is 53.1 Å². The van der Waals surface area contributed by atoms with E-state index >= 15 is 0 Å². The number of nitrogens with zero attached hydrogens (tertiary/aromatic N) is 1. The van der Waals surface area contributed by atoms with E-state index in [-0.39, 0.29) is 5.91 Å². The number of carbonyl (C=O) groups is 1. The first-order valence-electron chi connectivity index (χ1n) is 9.16. The molecule has 0 fully saturated rings. The largest absolute Gasteiger partial charge is 0.489 e. The molecule has 0 saturated carbocycles. The molecule has 1 aromatic heterocycles. The molecule has 146 valence electrons. The van der Waals surface area contributed by atoms with Gasteiger partial charge in [0.2, 0.25) is 5.91 Å². The van der Waals surface area contributed by atoms with Crippen molar-refractivity contribution in [2.75, 3.05) is 6.54 Å². The quantitative estimate of drug-likeness (QED) is 0.609. The van der Waals surface area contributed by atoms with Crippen molar-refractivity contribution in [1.82, 2.24) is 10.5 Å². The van der Waals surface area contributed by atoms with Crippen LogP contribution in [-0.2, 0) is 24.2 Å². The minimum absolute atomic E-state index is 0.00153. The number of nitrogens with one attached hydrogen (secondary N) is 1. The van der Waals surface area contributed by atoms with Crippen LogP contribution >= 0.6 is 11.6 Å². The Kier molecular flexibility index (Phi) is 6.71. The highest BCUT2D eigenvalue weighted by molar-refractivity contribution is 6.30. The topological polar surface area (TPSA) is 64.4 Å². The highest BCUT2D eigenvalue weighted by Gasteiger charge is 2.10. The number of aromatic nitrogens is 1. The SMILES string of the molecule is Cc1noc(C)c1COc1ccc(CC(=O)NCCc2ccc(Cl)cc2)cc1. The first kappa shape index (κ1) is 20.0. The molecule has 6 heteroatoms. The van der Waals surface area contributed by atoms with Crippen LogP contribution in [0.4, 0.5) is 0 Å². The summed E-state index contributed by atoms with van der Waals surface area (Å²) in [6.45, 7) is 4.77. The first-order valence-corrected chi connectivity index (χ1v) is 9.53. The molecule has 1 amide bonds. The predicted octanol–water partition coefficient (Wildman–Crippen LogP) is 4.43. The number of hydrogen-bond donors (Lipinski definition) is 1. The van der Waals surface area contributed by atoms with Crippen molar-refractivity contribution < 1.29 is 14.1 Å². The third-order valence-corrected chi connectivity index (χ3v) is 4.75. The minimum atomic E-state index is -0.00153. The van der Waals surface area contributed by atoms with Gasteiger partial charge in [-0.2, -0.15) is 0 Å². The Bertz CT molecular complexity index is 898. The summed E-state index contributed by atoms with van der Waals surface area (Å²) >= 11 is 5.87. The van der Waals surface area contributed by atoms with Gasteiger partial charge < -0.3 is 14.6 Å². The lowest BCUT2D eigenvalue weighted by Gasteiger charge is -2.08. The molecule has 1 heterocycles. The van der Waals surface area contributed by atoms with Crippen LogP contribution in [0.2, 0.25) is 5.02 Å². The average molecular weight is 399 g/mol. The Morgan fingerprint density at radius 3 is 2.39 bits per heavy atom. The fourth-order valence-corrected chi connectivity index (χ4v) is 2.94.